The minimum atomic E-state index is -0.0381. The first-order chi connectivity index (χ1) is 13.6. The molecule has 148 valence electrons. The van der Waals surface area contributed by atoms with Crippen LogP contribution in [0, 0.1) is 0 Å². The Kier molecular flexibility index (Phi) is 7.09. The zero-order chi connectivity index (χ0) is 19.9. The van der Waals surface area contributed by atoms with Gasteiger partial charge in [-0.2, -0.15) is 0 Å². The molecule has 0 spiro atoms. The van der Waals surface area contributed by atoms with Gasteiger partial charge in [0.25, 0.3) is 11.8 Å². The zero-order valence-corrected chi connectivity index (χ0v) is 17.7. The quantitative estimate of drug-likeness (QED) is 0.704. The Morgan fingerprint density at radius 2 is 1.64 bits per heavy atom. The molecule has 1 heterocycles. The fraction of sp³-hybridized carbons (Fsp3) is 0.364. The third kappa shape index (κ3) is 5.13. The smallest absolute Gasteiger partial charge is 0.260 e. The molecule has 0 atom stereocenters. The molecule has 2 amide bonds. The number of amides is 2. The van der Waals surface area contributed by atoms with E-state index in [1.807, 2.05) is 53.4 Å². The molecular weight excluding hydrogens is 420 g/mol. The van der Waals surface area contributed by atoms with Gasteiger partial charge in [-0.05, 0) is 48.7 Å². The number of benzene rings is 2. The second-order valence-electron chi connectivity index (χ2n) is 6.78. The molecule has 2 aromatic rings. The van der Waals surface area contributed by atoms with Crippen LogP contribution in [0.3, 0.4) is 0 Å². The van der Waals surface area contributed by atoms with E-state index < -0.39 is 0 Å². The summed E-state index contributed by atoms with van der Waals surface area (Å²) in [6, 6.07) is 15.2. The van der Waals surface area contributed by atoms with E-state index in [4.69, 9.17) is 4.74 Å². The number of hydrogen-bond donors (Lipinski definition) is 0. The van der Waals surface area contributed by atoms with Gasteiger partial charge in [0.1, 0.15) is 5.75 Å². The second-order valence-corrected chi connectivity index (χ2v) is 7.70. The molecule has 28 heavy (non-hydrogen) atoms. The van der Waals surface area contributed by atoms with Crippen LogP contribution < -0.4 is 4.74 Å². The summed E-state index contributed by atoms with van der Waals surface area (Å²) in [5, 5.41) is 0. The molecule has 2 aromatic carbocycles. The lowest BCUT2D eigenvalue weighted by molar-refractivity contribution is -0.133. The molecule has 0 radical (unpaired) electrons. The Bertz CT molecular complexity index is 823. The first kappa shape index (κ1) is 20.4. The van der Waals surface area contributed by atoms with E-state index >= 15 is 0 Å². The molecule has 0 saturated carbocycles. The topological polar surface area (TPSA) is 49.9 Å². The molecule has 0 aliphatic carbocycles. The van der Waals surface area contributed by atoms with Gasteiger partial charge in [0.05, 0.1) is 0 Å². The maximum Gasteiger partial charge on any atom is 0.260 e. The van der Waals surface area contributed by atoms with Crippen molar-refractivity contribution in [1.82, 2.24) is 9.80 Å². The SMILES string of the molecule is CCc1ccccc1OCC(=O)N1CCCN(C(=O)c2ccc(Br)cc2)CC1. The summed E-state index contributed by atoms with van der Waals surface area (Å²) >= 11 is 3.39. The molecule has 5 nitrogen and oxygen atoms in total. The summed E-state index contributed by atoms with van der Waals surface area (Å²) in [6.45, 7) is 4.44. The van der Waals surface area contributed by atoms with E-state index in [2.05, 4.69) is 22.9 Å². The van der Waals surface area contributed by atoms with Crippen molar-refractivity contribution in [3.05, 3.63) is 64.1 Å². The van der Waals surface area contributed by atoms with Crippen molar-refractivity contribution >= 4 is 27.7 Å². The van der Waals surface area contributed by atoms with Crippen LogP contribution in [0.5, 0.6) is 5.75 Å². The van der Waals surface area contributed by atoms with Crippen molar-refractivity contribution < 1.29 is 14.3 Å². The minimum Gasteiger partial charge on any atom is -0.483 e. The minimum absolute atomic E-state index is 0.00919. The van der Waals surface area contributed by atoms with E-state index in [1.54, 1.807) is 4.90 Å². The third-order valence-electron chi connectivity index (χ3n) is 4.93. The predicted molar refractivity (Wildman–Crippen MR) is 113 cm³/mol. The third-order valence-corrected chi connectivity index (χ3v) is 5.46. The fourth-order valence-corrected chi connectivity index (χ4v) is 3.58. The summed E-state index contributed by atoms with van der Waals surface area (Å²) in [7, 11) is 0. The highest BCUT2D eigenvalue weighted by molar-refractivity contribution is 9.10. The van der Waals surface area contributed by atoms with Gasteiger partial charge in [-0.25, -0.2) is 0 Å². The monoisotopic (exact) mass is 444 g/mol. The maximum atomic E-state index is 12.7. The van der Waals surface area contributed by atoms with Crippen molar-refractivity contribution in [2.24, 2.45) is 0 Å². The van der Waals surface area contributed by atoms with Crippen molar-refractivity contribution in [3.63, 3.8) is 0 Å². The van der Waals surface area contributed by atoms with Gasteiger partial charge < -0.3 is 14.5 Å². The van der Waals surface area contributed by atoms with Crippen LogP contribution >= 0.6 is 15.9 Å². The van der Waals surface area contributed by atoms with Gasteiger partial charge >= 0.3 is 0 Å². The molecule has 0 bridgehead atoms. The Labute approximate surface area is 174 Å². The van der Waals surface area contributed by atoms with E-state index in [1.165, 1.54) is 0 Å². The lowest BCUT2D eigenvalue weighted by Gasteiger charge is -2.22. The summed E-state index contributed by atoms with van der Waals surface area (Å²) in [6.07, 6.45) is 1.63. The van der Waals surface area contributed by atoms with Crippen LogP contribution in [0.2, 0.25) is 0 Å². The number of ether oxygens (including phenoxy) is 1. The Hall–Kier alpha value is -2.34. The van der Waals surface area contributed by atoms with Crippen LogP contribution in [0.25, 0.3) is 0 Å². The molecule has 6 heteroatoms. The Morgan fingerprint density at radius 3 is 2.39 bits per heavy atom. The number of halogens is 1. The molecule has 0 N–H and O–H groups in total. The molecule has 1 fully saturated rings. The summed E-state index contributed by atoms with van der Waals surface area (Å²) < 4.78 is 6.71. The number of rotatable bonds is 5. The summed E-state index contributed by atoms with van der Waals surface area (Å²) in [4.78, 5) is 28.9. The molecular formula is C22H25BrN2O3. The molecule has 1 aliphatic rings. The normalized spacial score (nSPS) is 14.5. The highest BCUT2D eigenvalue weighted by Crippen LogP contribution is 2.18. The summed E-state index contributed by atoms with van der Waals surface area (Å²) in [5.41, 5.74) is 1.76. The van der Waals surface area contributed by atoms with E-state index in [0.29, 0.717) is 31.7 Å². The first-order valence-electron chi connectivity index (χ1n) is 9.62. The Balaban J connectivity index is 1.55. The molecule has 0 aromatic heterocycles. The van der Waals surface area contributed by atoms with Gasteiger partial charge in [-0.1, -0.05) is 41.1 Å². The Morgan fingerprint density at radius 1 is 0.964 bits per heavy atom. The van der Waals surface area contributed by atoms with E-state index in [-0.39, 0.29) is 18.4 Å². The largest absolute Gasteiger partial charge is 0.483 e. The van der Waals surface area contributed by atoms with Crippen molar-refractivity contribution in [3.8, 4) is 5.75 Å². The highest BCUT2D eigenvalue weighted by Gasteiger charge is 2.23. The second kappa shape index (κ2) is 9.73. The number of nitrogens with zero attached hydrogens (tertiary/aromatic N) is 2. The molecule has 3 rings (SSSR count). The van der Waals surface area contributed by atoms with E-state index in [0.717, 1.165) is 28.6 Å². The zero-order valence-electron chi connectivity index (χ0n) is 16.1. The van der Waals surface area contributed by atoms with Crippen molar-refractivity contribution in [2.75, 3.05) is 32.8 Å². The standard InChI is InChI=1S/C22H25BrN2O3/c1-2-17-6-3-4-7-20(17)28-16-21(26)24-12-5-13-25(15-14-24)22(27)18-8-10-19(23)11-9-18/h3-4,6-11H,2,5,12-16H2,1H3. The van der Waals surface area contributed by atoms with Gasteiger partial charge in [-0.15, -0.1) is 0 Å². The van der Waals surface area contributed by atoms with Crippen molar-refractivity contribution in [2.45, 2.75) is 19.8 Å². The number of aryl methyl sites for hydroxylation is 1. The number of carbonyl (C=O) groups excluding carboxylic acids is 2. The lowest BCUT2D eigenvalue weighted by Crippen LogP contribution is -2.39. The van der Waals surface area contributed by atoms with Gasteiger partial charge in [0.2, 0.25) is 0 Å². The number of carbonyl (C=O) groups is 2. The first-order valence-corrected chi connectivity index (χ1v) is 10.4. The van der Waals surface area contributed by atoms with Crippen LogP contribution in [-0.4, -0.2) is 54.4 Å². The van der Waals surface area contributed by atoms with Gasteiger partial charge in [-0.3, -0.25) is 9.59 Å². The number of para-hydroxylation sites is 1. The number of hydrogen-bond acceptors (Lipinski definition) is 3. The maximum absolute atomic E-state index is 12.7. The average molecular weight is 445 g/mol. The van der Waals surface area contributed by atoms with E-state index in [9.17, 15) is 9.59 Å². The fourth-order valence-electron chi connectivity index (χ4n) is 3.31. The lowest BCUT2D eigenvalue weighted by atomic mass is 10.1. The van der Waals surface area contributed by atoms with Crippen LogP contribution in [-0.2, 0) is 11.2 Å². The average Bonchev–Trinajstić information content (AvgIpc) is 2.98. The molecule has 1 saturated heterocycles. The van der Waals surface area contributed by atoms with Crippen LogP contribution in [0.4, 0.5) is 0 Å². The predicted octanol–water partition coefficient (Wildman–Crippen LogP) is 3.77. The van der Waals surface area contributed by atoms with Crippen LogP contribution in [0.1, 0.15) is 29.3 Å². The van der Waals surface area contributed by atoms with Crippen LogP contribution in [0.15, 0.2) is 53.0 Å². The highest BCUT2D eigenvalue weighted by atomic mass is 79.9. The van der Waals surface area contributed by atoms with Gasteiger partial charge in [0.15, 0.2) is 6.61 Å². The van der Waals surface area contributed by atoms with Crippen molar-refractivity contribution in [1.29, 1.82) is 0 Å². The van der Waals surface area contributed by atoms with Gasteiger partial charge in [0, 0.05) is 36.2 Å². The summed E-state index contributed by atoms with van der Waals surface area (Å²) in [5.74, 6) is 0.735. The molecule has 0 unspecified atom stereocenters. The molecule has 1 aliphatic heterocycles.